The van der Waals surface area contributed by atoms with Gasteiger partial charge in [0.2, 0.25) is 5.88 Å². The molecule has 0 saturated heterocycles. The molecule has 29 heavy (non-hydrogen) atoms. The minimum atomic E-state index is -0.978. The SMILES string of the molecule is COc1ncc(-c2ccnc(NC(C)O)c2)cc1NC(=O)c1ccc(F)cc1F. The van der Waals surface area contributed by atoms with Gasteiger partial charge in [-0.05, 0) is 42.8 Å². The van der Waals surface area contributed by atoms with Crippen molar-refractivity contribution < 1.29 is 23.4 Å². The number of benzene rings is 1. The molecule has 2 heterocycles. The zero-order chi connectivity index (χ0) is 21.0. The Hall–Kier alpha value is -3.59. The molecule has 0 aliphatic heterocycles. The molecule has 0 bridgehead atoms. The van der Waals surface area contributed by atoms with Crippen molar-refractivity contribution in [3.8, 4) is 17.0 Å². The Bertz CT molecular complexity index is 1040. The second-order valence-electron chi connectivity index (χ2n) is 6.11. The maximum Gasteiger partial charge on any atom is 0.258 e. The molecule has 7 nitrogen and oxygen atoms in total. The monoisotopic (exact) mass is 400 g/mol. The molecule has 9 heteroatoms. The van der Waals surface area contributed by atoms with Crippen LogP contribution in [-0.4, -0.2) is 34.3 Å². The molecule has 2 aromatic heterocycles. The molecule has 0 aliphatic rings. The molecule has 0 spiro atoms. The molecule has 1 unspecified atom stereocenters. The van der Waals surface area contributed by atoms with Crippen LogP contribution >= 0.6 is 0 Å². The molecule has 0 radical (unpaired) electrons. The number of carbonyl (C=O) groups is 1. The predicted octanol–water partition coefficient (Wildman–Crippen LogP) is 3.43. The van der Waals surface area contributed by atoms with Gasteiger partial charge in [-0.2, -0.15) is 0 Å². The minimum Gasteiger partial charge on any atom is -0.480 e. The van der Waals surface area contributed by atoms with Crippen LogP contribution < -0.4 is 15.4 Å². The first kappa shape index (κ1) is 20.2. The van der Waals surface area contributed by atoms with Crippen molar-refractivity contribution in [3.63, 3.8) is 0 Å². The number of pyridine rings is 2. The first-order valence-corrected chi connectivity index (χ1v) is 8.59. The number of aliphatic hydroxyl groups is 1. The number of amides is 1. The Balaban J connectivity index is 1.92. The van der Waals surface area contributed by atoms with Gasteiger partial charge in [0.25, 0.3) is 5.91 Å². The standard InChI is InChI=1S/C20H18F2N4O3/c1-11(27)25-18-8-12(5-6-23-18)13-7-17(20(29-2)24-10-13)26-19(28)15-4-3-14(21)9-16(15)22/h3-11,27H,1-2H3,(H,23,25)(H,26,28). The average molecular weight is 400 g/mol. The summed E-state index contributed by atoms with van der Waals surface area (Å²) in [6.45, 7) is 1.56. The van der Waals surface area contributed by atoms with Crippen LogP contribution in [-0.2, 0) is 0 Å². The van der Waals surface area contributed by atoms with Crippen molar-refractivity contribution in [3.05, 3.63) is 66.0 Å². The van der Waals surface area contributed by atoms with Crippen LogP contribution in [0.2, 0.25) is 0 Å². The Morgan fingerprint density at radius 1 is 1.14 bits per heavy atom. The largest absolute Gasteiger partial charge is 0.480 e. The first-order chi connectivity index (χ1) is 13.9. The molecule has 3 rings (SSSR count). The molecule has 150 valence electrons. The van der Waals surface area contributed by atoms with Gasteiger partial charge in [0.1, 0.15) is 29.4 Å². The van der Waals surface area contributed by atoms with Crippen LogP contribution in [0.4, 0.5) is 20.3 Å². The van der Waals surface area contributed by atoms with E-state index < -0.39 is 23.8 Å². The highest BCUT2D eigenvalue weighted by Crippen LogP contribution is 2.29. The smallest absolute Gasteiger partial charge is 0.258 e. The number of halogens is 2. The lowest BCUT2D eigenvalue weighted by molar-refractivity contribution is 0.102. The maximum absolute atomic E-state index is 13.9. The van der Waals surface area contributed by atoms with Crippen LogP contribution in [0.15, 0.2) is 48.8 Å². The Morgan fingerprint density at radius 2 is 1.93 bits per heavy atom. The van der Waals surface area contributed by atoms with E-state index in [1.165, 1.54) is 13.3 Å². The molecule has 3 aromatic rings. The number of hydrogen-bond donors (Lipinski definition) is 3. The average Bonchev–Trinajstić information content (AvgIpc) is 2.67. The fourth-order valence-corrected chi connectivity index (χ4v) is 2.63. The number of methoxy groups -OCH3 is 1. The van der Waals surface area contributed by atoms with Crippen LogP contribution in [0.5, 0.6) is 5.88 Å². The van der Waals surface area contributed by atoms with Crippen LogP contribution in [0.25, 0.3) is 11.1 Å². The summed E-state index contributed by atoms with van der Waals surface area (Å²) in [6, 6.07) is 7.71. The van der Waals surface area contributed by atoms with Crippen LogP contribution in [0.1, 0.15) is 17.3 Å². The van der Waals surface area contributed by atoms with E-state index in [1.807, 2.05) is 0 Å². The highest BCUT2D eigenvalue weighted by molar-refractivity contribution is 6.05. The number of ether oxygens (including phenoxy) is 1. The summed E-state index contributed by atoms with van der Waals surface area (Å²) in [7, 11) is 1.38. The Morgan fingerprint density at radius 3 is 2.62 bits per heavy atom. The van der Waals surface area contributed by atoms with Crippen molar-refractivity contribution in [2.45, 2.75) is 13.2 Å². The van der Waals surface area contributed by atoms with Gasteiger partial charge in [-0.3, -0.25) is 4.79 Å². The van der Waals surface area contributed by atoms with Crippen molar-refractivity contribution in [1.82, 2.24) is 9.97 Å². The Kier molecular flexibility index (Phi) is 5.99. The highest BCUT2D eigenvalue weighted by atomic mass is 19.1. The van der Waals surface area contributed by atoms with Crippen molar-refractivity contribution in [2.24, 2.45) is 0 Å². The van der Waals surface area contributed by atoms with E-state index in [9.17, 15) is 18.7 Å². The zero-order valence-corrected chi connectivity index (χ0v) is 15.6. The first-order valence-electron chi connectivity index (χ1n) is 8.59. The minimum absolute atomic E-state index is 0.126. The number of nitrogens with one attached hydrogen (secondary N) is 2. The van der Waals surface area contributed by atoms with Gasteiger partial charge < -0.3 is 20.5 Å². The summed E-state index contributed by atoms with van der Waals surface area (Å²) >= 11 is 0. The van der Waals surface area contributed by atoms with Gasteiger partial charge in [-0.15, -0.1) is 0 Å². The van der Waals surface area contributed by atoms with Gasteiger partial charge in [0.05, 0.1) is 12.7 Å². The molecule has 0 saturated carbocycles. The quantitative estimate of drug-likeness (QED) is 0.549. The molecular weight excluding hydrogens is 382 g/mol. The molecule has 1 atom stereocenters. The van der Waals surface area contributed by atoms with E-state index >= 15 is 0 Å². The second kappa shape index (κ2) is 8.61. The van der Waals surface area contributed by atoms with Gasteiger partial charge in [0.15, 0.2) is 0 Å². The van der Waals surface area contributed by atoms with Crippen molar-refractivity contribution >= 4 is 17.4 Å². The van der Waals surface area contributed by atoms with Crippen molar-refractivity contribution in [2.75, 3.05) is 17.7 Å². The number of nitrogens with zero attached hydrogens (tertiary/aromatic N) is 2. The molecule has 1 amide bonds. The number of aromatic nitrogens is 2. The normalized spacial score (nSPS) is 11.6. The maximum atomic E-state index is 13.9. The van der Waals surface area contributed by atoms with E-state index in [2.05, 4.69) is 20.6 Å². The summed E-state index contributed by atoms with van der Waals surface area (Å²) in [6.07, 6.45) is 2.30. The number of aliphatic hydroxyl groups excluding tert-OH is 1. The topological polar surface area (TPSA) is 96.4 Å². The number of rotatable bonds is 6. The summed E-state index contributed by atoms with van der Waals surface area (Å²) in [5.74, 6) is -1.95. The summed E-state index contributed by atoms with van der Waals surface area (Å²) in [5, 5.41) is 14.8. The predicted molar refractivity (Wildman–Crippen MR) is 104 cm³/mol. The molecule has 1 aromatic carbocycles. The van der Waals surface area contributed by atoms with Gasteiger partial charge in [-0.1, -0.05) is 0 Å². The van der Waals surface area contributed by atoms with Crippen molar-refractivity contribution in [1.29, 1.82) is 0 Å². The fraction of sp³-hybridized carbons (Fsp3) is 0.150. The van der Waals surface area contributed by atoms with Gasteiger partial charge >= 0.3 is 0 Å². The second-order valence-corrected chi connectivity index (χ2v) is 6.11. The number of carbonyl (C=O) groups excluding carboxylic acids is 1. The number of anilines is 2. The third-order valence-corrected chi connectivity index (χ3v) is 3.92. The van der Waals surface area contributed by atoms with E-state index in [0.29, 0.717) is 23.0 Å². The van der Waals surface area contributed by atoms with Gasteiger partial charge in [0, 0.05) is 24.0 Å². The highest BCUT2D eigenvalue weighted by Gasteiger charge is 2.16. The lowest BCUT2D eigenvalue weighted by atomic mass is 10.1. The Labute approximate surface area is 165 Å². The van der Waals surface area contributed by atoms with Crippen LogP contribution in [0, 0.1) is 11.6 Å². The molecule has 0 fully saturated rings. The summed E-state index contributed by atoms with van der Waals surface area (Å²) in [4.78, 5) is 20.7. The molecular formula is C20H18F2N4O3. The summed E-state index contributed by atoms with van der Waals surface area (Å²) < 4.78 is 32.1. The lowest BCUT2D eigenvalue weighted by Crippen LogP contribution is -2.15. The van der Waals surface area contributed by atoms with Crippen LogP contribution in [0.3, 0.4) is 0 Å². The van der Waals surface area contributed by atoms with E-state index in [1.54, 1.807) is 31.3 Å². The van der Waals surface area contributed by atoms with E-state index in [0.717, 1.165) is 12.1 Å². The summed E-state index contributed by atoms with van der Waals surface area (Å²) in [5.41, 5.74) is 1.23. The van der Waals surface area contributed by atoms with Gasteiger partial charge in [-0.25, -0.2) is 18.7 Å². The molecule has 3 N–H and O–H groups in total. The lowest BCUT2D eigenvalue weighted by Gasteiger charge is -2.13. The van der Waals surface area contributed by atoms with E-state index in [-0.39, 0.29) is 17.1 Å². The van der Waals surface area contributed by atoms with E-state index in [4.69, 9.17) is 4.74 Å². The number of hydrogen-bond acceptors (Lipinski definition) is 6. The fourth-order valence-electron chi connectivity index (χ4n) is 2.63. The zero-order valence-electron chi connectivity index (χ0n) is 15.6. The molecule has 0 aliphatic carbocycles. The third-order valence-electron chi connectivity index (χ3n) is 3.92. The third kappa shape index (κ3) is 4.82.